The van der Waals surface area contributed by atoms with Crippen molar-refractivity contribution in [2.45, 2.75) is 19.4 Å². The Labute approximate surface area is 115 Å². The molecule has 1 heterocycles. The van der Waals surface area contributed by atoms with Crippen molar-refractivity contribution in [1.82, 2.24) is 0 Å². The van der Waals surface area contributed by atoms with Gasteiger partial charge in [0.2, 0.25) is 0 Å². The van der Waals surface area contributed by atoms with Crippen LogP contribution in [0.1, 0.15) is 23.7 Å². The molecule has 0 radical (unpaired) electrons. The van der Waals surface area contributed by atoms with Crippen molar-refractivity contribution in [3.8, 4) is 0 Å². The Balaban J connectivity index is 2.46. The maximum Gasteiger partial charge on any atom is 0.335 e. The number of carbonyl (C=O) groups is 1. The second-order valence-corrected chi connectivity index (χ2v) is 4.98. The Morgan fingerprint density at radius 1 is 1.55 bits per heavy atom. The van der Waals surface area contributed by atoms with Crippen LogP contribution in [0.25, 0.3) is 0 Å². The highest BCUT2D eigenvalue weighted by atomic mass is 16.6. The van der Waals surface area contributed by atoms with Crippen LogP contribution in [0.3, 0.4) is 0 Å². The summed E-state index contributed by atoms with van der Waals surface area (Å²) in [7, 11) is 0. The summed E-state index contributed by atoms with van der Waals surface area (Å²) in [5.41, 5.74) is 0.00842. The van der Waals surface area contributed by atoms with E-state index < -0.39 is 10.9 Å². The van der Waals surface area contributed by atoms with Crippen LogP contribution in [0.2, 0.25) is 0 Å². The van der Waals surface area contributed by atoms with E-state index in [0.717, 1.165) is 12.5 Å². The topological polar surface area (TPSA) is 104 Å². The number of benzene rings is 1. The fourth-order valence-corrected chi connectivity index (χ4v) is 2.63. The van der Waals surface area contributed by atoms with Gasteiger partial charge in [0.1, 0.15) is 5.69 Å². The summed E-state index contributed by atoms with van der Waals surface area (Å²) in [5, 5.41) is 29.5. The minimum atomic E-state index is -1.20. The first kappa shape index (κ1) is 14.3. The molecule has 7 heteroatoms. The highest BCUT2D eigenvalue weighted by Crippen LogP contribution is 2.36. The summed E-state index contributed by atoms with van der Waals surface area (Å²) in [6.07, 6.45) is 0.836. The highest BCUT2D eigenvalue weighted by molar-refractivity contribution is 5.90. The van der Waals surface area contributed by atoms with Gasteiger partial charge < -0.3 is 15.1 Å². The predicted octanol–water partition coefficient (Wildman–Crippen LogP) is 1.50. The Kier molecular flexibility index (Phi) is 3.89. The molecule has 2 unspecified atom stereocenters. The molecule has 1 aliphatic rings. The van der Waals surface area contributed by atoms with Crippen molar-refractivity contribution in [2.75, 3.05) is 18.1 Å². The molecule has 0 aromatic heterocycles. The van der Waals surface area contributed by atoms with Gasteiger partial charge in [-0.1, -0.05) is 6.92 Å². The third-order valence-corrected chi connectivity index (χ3v) is 3.80. The second-order valence-electron chi connectivity index (χ2n) is 4.98. The molecule has 1 aromatic rings. The molecule has 7 nitrogen and oxygen atoms in total. The lowest BCUT2D eigenvalue weighted by atomic mass is 10.0. The zero-order chi connectivity index (χ0) is 14.9. The van der Waals surface area contributed by atoms with Crippen LogP contribution in [0.15, 0.2) is 18.2 Å². The molecule has 0 aliphatic carbocycles. The molecule has 0 saturated carbocycles. The van der Waals surface area contributed by atoms with Crippen molar-refractivity contribution in [3.63, 3.8) is 0 Å². The maximum atomic E-state index is 11.2. The molecular weight excluding hydrogens is 264 g/mol. The van der Waals surface area contributed by atoms with Crippen molar-refractivity contribution in [1.29, 1.82) is 0 Å². The molecule has 2 atom stereocenters. The van der Waals surface area contributed by atoms with Gasteiger partial charge in [-0.05, 0) is 24.5 Å². The molecule has 1 aromatic carbocycles. The number of anilines is 1. The first-order valence-corrected chi connectivity index (χ1v) is 6.35. The van der Waals surface area contributed by atoms with Gasteiger partial charge in [-0.3, -0.25) is 10.1 Å². The monoisotopic (exact) mass is 280 g/mol. The quantitative estimate of drug-likeness (QED) is 0.639. The highest BCUT2D eigenvalue weighted by Gasteiger charge is 2.34. The Bertz CT molecular complexity index is 546. The van der Waals surface area contributed by atoms with Crippen LogP contribution in [0.4, 0.5) is 11.4 Å². The van der Waals surface area contributed by atoms with Crippen LogP contribution in [-0.2, 0) is 0 Å². The number of aromatic carboxylic acids is 1. The summed E-state index contributed by atoms with van der Waals surface area (Å²) in [6.45, 7) is 2.51. The van der Waals surface area contributed by atoms with Gasteiger partial charge in [0.05, 0.1) is 23.1 Å². The third kappa shape index (κ3) is 2.44. The van der Waals surface area contributed by atoms with Crippen LogP contribution in [0.5, 0.6) is 0 Å². The lowest BCUT2D eigenvalue weighted by Gasteiger charge is -2.27. The number of rotatable bonds is 4. The molecule has 108 valence electrons. The number of hydrogen-bond acceptors (Lipinski definition) is 5. The minimum absolute atomic E-state index is 0.0843. The molecule has 0 amide bonds. The summed E-state index contributed by atoms with van der Waals surface area (Å²) in [5.74, 6) is -0.966. The second kappa shape index (κ2) is 5.46. The van der Waals surface area contributed by atoms with Crippen molar-refractivity contribution >= 4 is 17.3 Å². The molecule has 0 spiro atoms. The van der Waals surface area contributed by atoms with E-state index in [1.54, 1.807) is 4.90 Å². The van der Waals surface area contributed by atoms with E-state index in [1.807, 2.05) is 6.92 Å². The average Bonchev–Trinajstić information content (AvgIpc) is 2.78. The fourth-order valence-electron chi connectivity index (χ4n) is 2.63. The lowest BCUT2D eigenvalue weighted by Crippen LogP contribution is -2.35. The Morgan fingerprint density at radius 2 is 2.25 bits per heavy atom. The van der Waals surface area contributed by atoms with E-state index in [1.165, 1.54) is 12.1 Å². The molecule has 20 heavy (non-hydrogen) atoms. The van der Waals surface area contributed by atoms with Gasteiger partial charge in [0.15, 0.2) is 0 Å². The van der Waals surface area contributed by atoms with Gasteiger partial charge in [0.25, 0.3) is 5.69 Å². The van der Waals surface area contributed by atoms with Gasteiger partial charge in [0, 0.05) is 12.6 Å². The van der Waals surface area contributed by atoms with Crippen molar-refractivity contribution in [2.24, 2.45) is 5.92 Å². The van der Waals surface area contributed by atoms with Crippen LogP contribution >= 0.6 is 0 Å². The number of nitrogens with zero attached hydrogens (tertiary/aromatic N) is 2. The Morgan fingerprint density at radius 3 is 2.80 bits per heavy atom. The smallest absolute Gasteiger partial charge is 0.335 e. The fraction of sp³-hybridized carbons (Fsp3) is 0.462. The first-order valence-electron chi connectivity index (χ1n) is 6.35. The van der Waals surface area contributed by atoms with E-state index in [9.17, 15) is 20.0 Å². The minimum Gasteiger partial charge on any atom is -0.478 e. The number of aliphatic hydroxyl groups is 1. The number of carboxylic acid groups (broad SMARTS) is 1. The summed E-state index contributed by atoms with van der Waals surface area (Å²) in [6, 6.07) is 3.68. The number of nitro benzene ring substituents is 1. The zero-order valence-corrected chi connectivity index (χ0v) is 11.0. The van der Waals surface area contributed by atoms with E-state index in [2.05, 4.69) is 0 Å². The number of hydrogen-bond donors (Lipinski definition) is 2. The standard InChI is InChI=1S/C13H16N2O5/c1-8-4-5-14(12(8)7-16)10-3-2-9(13(17)18)6-11(10)15(19)20/h2-3,6,8,12,16H,4-5,7H2,1H3,(H,17,18). The molecule has 1 aliphatic heterocycles. The van der Waals surface area contributed by atoms with Crippen LogP contribution in [-0.4, -0.2) is 40.3 Å². The largest absolute Gasteiger partial charge is 0.478 e. The molecule has 1 fully saturated rings. The molecule has 1 saturated heterocycles. The van der Waals surface area contributed by atoms with Crippen molar-refractivity contribution in [3.05, 3.63) is 33.9 Å². The summed E-state index contributed by atoms with van der Waals surface area (Å²) >= 11 is 0. The van der Waals surface area contributed by atoms with E-state index in [4.69, 9.17) is 5.11 Å². The SMILES string of the molecule is CC1CCN(c2ccc(C(=O)O)cc2[N+](=O)[O-])C1CO. The normalized spacial score (nSPS) is 22.0. The predicted molar refractivity (Wildman–Crippen MR) is 72.1 cm³/mol. The van der Waals surface area contributed by atoms with Gasteiger partial charge in [-0.2, -0.15) is 0 Å². The van der Waals surface area contributed by atoms with Gasteiger partial charge in [-0.25, -0.2) is 4.79 Å². The van der Waals surface area contributed by atoms with E-state index >= 15 is 0 Å². The third-order valence-electron chi connectivity index (χ3n) is 3.80. The van der Waals surface area contributed by atoms with Gasteiger partial charge in [-0.15, -0.1) is 0 Å². The van der Waals surface area contributed by atoms with Crippen LogP contribution in [0, 0.1) is 16.0 Å². The molecule has 2 rings (SSSR count). The van der Waals surface area contributed by atoms with Gasteiger partial charge >= 0.3 is 5.97 Å². The average molecular weight is 280 g/mol. The van der Waals surface area contributed by atoms with E-state index in [-0.39, 0.29) is 29.8 Å². The van der Waals surface area contributed by atoms with E-state index in [0.29, 0.717) is 12.2 Å². The van der Waals surface area contributed by atoms with Crippen LogP contribution < -0.4 is 4.90 Å². The number of aliphatic hydroxyl groups excluding tert-OH is 1. The number of carboxylic acids is 1. The number of nitro groups is 1. The summed E-state index contributed by atoms with van der Waals surface area (Å²) < 4.78 is 0. The van der Waals surface area contributed by atoms with Crippen molar-refractivity contribution < 1.29 is 19.9 Å². The molecule has 2 N–H and O–H groups in total. The lowest BCUT2D eigenvalue weighted by molar-refractivity contribution is -0.384. The maximum absolute atomic E-state index is 11.2. The Hall–Kier alpha value is -2.15. The first-order chi connectivity index (χ1) is 9.45. The summed E-state index contributed by atoms with van der Waals surface area (Å²) in [4.78, 5) is 23.3. The zero-order valence-electron chi connectivity index (χ0n) is 11.0. The molecular formula is C13H16N2O5. The molecule has 0 bridgehead atoms.